The quantitative estimate of drug-likeness (QED) is 0.152. The molecule has 2 unspecified atom stereocenters. The third-order valence-electron chi connectivity index (χ3n) is 9.44. The Bertz CT molecular complexity index is 2050. The van der Waals surface area contributed by atoms with Gasteiger partial charge in [0.1, 0.15) is 11.5 Å². The highest BCUT2D eigenvalue weighted by atomic mass is 35.5. The van der Waals surface area contributed by atoms with Crippen molar-refractivity contribution in [1.29, 1.82) is 0 Å². The van der Waals surface area contributed by atoms with Crippen LogP contribution in [0.15, 0.2) is 96.2 Å². The Labute approximate surface area is 327 Å². The van der Waals surface area contributed by atoms with Crippen LogP contribution in [0.4, 0.5) is 13.2 Å². The van der Waals surface area contributed by atoms with Crippen molar-refractivity contribution >= 4 is 44.9 Å². The van der Waals surface area contributed by atoms with E-state index in [2.05, 4.69) is 20.9 Å². The zero-order valence-electron chi connectivity index (χ0n) is 29.5. The number of carbonyl (C=O) groups is 2. The predicted octanol–water partition coefficient (Wildman–Crippen LogP) is 5.92. The highest BCUT2D eigenvalue weighted by molar-refractivity contribution is 7.92. The van der Waals surface area contributed by atoms with E-state index in [0.717, 1.165) is 43.6 Å². The normalized spacial score (nSPS) is 17.3. The maximum Gasteiger partial charge on any atom is 0.501 e. The minimum atomic E-state index is -5.44. The number of ether oxygens (including phenoxy) is 2. The summed E-state index contributed by atoms with van der Waals surface area (Å²) in [5.74, 6) is -0.458. The van der Waals surface area contributed by atoms with Crippen LogP contribution in [0, 0.1) is 0 Å². The van der Waals surface area contributed by atoms with E-state index in [4.69, 9.17) is 32.7 Å². The van der Waals surface area contributed by atoms with Gasteiger partial charge in [-0.05, 0) is 111 Å². The van der Waals surface area contributed by atoms with E-state index in [1.54, 1.807) is 59.3 Å². The molecule has 294 valence electrons. The third kappa shape index (κ3) is 10.5. The summed E-state index contributed by atoms with van der Waals surface area (Å²) < 4.78 is 76.5. The van der Waals surface area contributed by atoms with Crippen molar-refractivity contribution in [2.45, 2.75) is 66.9 Å². The number of halogens is 5. The molecule has 3 N–H and O–H groups in total. The van der Waals surface area contributed by atoms with Crippen LogP contribution >= 0.6 is 23.2 Å². The minimum absolute atomic E-state index is 0.113. The molecule has 1 aromatic heterocycles. The maximum absolute atomic E-state index is 14.2. The topological polar surface area (TPSA) is 131 Å². The fraction of sp³-hybridized carbons (Fsp3) is 0.368. The van der Waals surface area contributed by atoms with E-state index in [-0.39, 0.29) is 17.8 Å². The van der Waals surface area contributed by atoms with Crippen LogP contribution in [0.25, 0.3) is 5.69 Å². The summed E-state index contributed by atoms with van der Waals surface area (Å²) in [6.45, 7) is 3.33. The monoisotopic (exact) mass is 821 g/mol. The number of aromatic nitrogens is 1. The van der Waals surface area contributed by atoms with Crippen LogP contribution < -0.4 is 25.4 Å². The molecule has 55 heavy (non-hydrogen) atoms. The lowest BCUT2D eigenvalue weighted by molar-refractivity contribution is -0.143. The van der Waals surface area contributed by atoms with Crippen LogP contribution in [0.5, 0.6) is 11.5 Å². The van der Waals surface area contributed by atoms with E-state index in [0.29, 0.717) is 54.0 Å². The van der Waals surface area contributed by atoms with Gasteiger partial charge in [0.15, 0.2) is 0 Å². The molecule has 3 aromatic carbocycles. The Morgan fingerprint density at radius 1 is 0.800 bits per heavy atom. The summed E-state index contributed by atoms with van der Waals surface area (Å²) in [7, 11) is -5.44. The summed E-state index contributed by atoms with van der Waals surface area (Å²) in [4.78, 5) is 29.5. The number of amides is 2. The maximum atomic E-state index is 14.2. The Balaban J connectivity index is 1.12. The molecule has 2 aliphatic heterocycles. The molecule has 6 rings (SSSR count). The molecule has 3 heterocycles. The number of rotatable bonds is 13. The summed E-state index contributed by atoms with van der Waals surface area (Å²) in [5, 5.41) is 10.2. The van der Waals surface area contributed by atoms with E-state index in [9.17, 15) is 31.2 Å². The van der Waals surface area contributed by atoms with Gasteiger partial charge in [0.05, 0.1) is 4.90 Å². The first-order chi connectivity index (χ1) is 26.2. The zero-order chi connectivity index (χ0) is 39.2. The van der Waals surface area contributed by atoms with Crippen molar-refractivity contribution in [1.82, 2.24) is 25.4 Å². The fourth-order valence-corrected chi connectivity index (χ4v) is 7.65. The first-order valence-electron chi connectivity index (χ1n) is 17.7. The molecule has 11 nitrogen and oxygen atoms in total. The lowest BCUT2D eigenvalue weighted by atomic mass is 10.0. The number of piperidine rings is 2. The molecule has 2 fully saturated rings. The van der Waals surface area contributed by atoms with Gasteiger partial charge in [-0.1, -0.05) is 35.3 Å². The van der Waals surface area contributed by atoms with Crippen molar-refractivity contribution in [3.05, 3.63) is 107 Å². The van der Waals surface area contributed by atoms with Crippen LogP contribution in [0.3, 0.4) is 0 Å². The molecular formula is C38H40Cl2F3N5O6S. The summed E-state index contributed by atoms with van der Waals surface area (Å²) in [6, 6.07) is 19.2. The molecule has 2 atom stereocenters. The highest BCUT2D eigenvalue weighted by Gasteiger charge is 2.47. The van der Waals surface area contributed by atoms with Crippen LogP contribution in [0.1, 0.15) is 31.2 Å². The Hall–Kier alpha value is -4.28. The fourth-order valence-electron chi connectivity index (χ4n) is 6.53. The van der Waals surface area contributed by atoms with Crippen molar-refractivity contribution in [2.75, 3.05) is 26.2 Å². The van der Waals surface area contributed by atoms with Gasteiger partial charge in [0, 0.05) is 59.8 Å². The van der Waals surface area contributed by atoms with E-state index in [1.807, 2.05) is 12.3 Å². The molecule has 0 saturated carbocycles. The number of nitrogens with one attached hydrogen (secondary N) is 3. The van der Waals surface area contributed by atoms with Crippen molar-refractivity contribution < 1.29 is 40.7 Å². The molecule has 17 heteroatoms. The second kappa shape index (κ2) is 17.7. The average molecular weight is 823 g/mol. The number of hydrogen-bond donors (Lipinski definition) is 3. The summed E-state index contributed by atoms with van der Waals surface area (Å²) in [6.07, 6.45) is 3.43. The van der Waals surface area contributed by atoms with Gasteiger partial charge in [-0.15, -0.1) is 0 Å². The standard InChI is InChI=1S/C38H40Cl2F3N5O6S/c39-26-3-1-5-31(21-26)53-34(36(49)45-28-11-16-44-17-12-28)35(54-32-6-2-4-27(40)22-32)37(50)46-29-14-18-47(19-15-29)23-25-13-20-48(24-25)30-7-9-33(10-8-30)55(51,52)38(41,42)43/h1-10,13,20-22,24,28-29,34-35,44H,11-12,14-19,23H2,(H,45,49)(H,46,50). The van der Waals surface area contributed by atoms with Gasteiger partial charge in [0.25, 0.3) is 21.7 Å². The molecule has 4 aromatic rings. The van der Waals surface area contributed by atoms with Crippen LogP contribution in [-0.4, -0.2) is 85.7 Å². The van der Waals surface area contributed by atoms with Gasteiger partial charge < -0.3 is 30.0 Å². The molecule has 2 aliphatic rings. The molecule has 0 aliphatic carbocycles. The van der Waals surface area contributed by atoms with E-state index >= 15 is 0 Å². The predicted molar refractivity (Wildman–Crippen MR) is 201 cm³/mol. The molecular weight excluding hydrogens is 782 g/mol. The van der Waals surface area contributed by atoms with Gasteiger partial charge >= 0.3 is 5.51 Å². The number of hydrogen-bond acceptors (Lipinski definition) is 8. The highest BCUT2D eigenvalue weighted by Crippen LogP contribution is 2.31. The SMILES string of the molecule is O=C(NC1CCNCC1)C(Oc1cccc(Cl)c1)C(Oc1cccc(Cl)c1)C(=O)NC1CCN(Cc2ccn(-c3ccc(S(=O)(=O)C(F)(F)F)cc3)c2)CC1. The largest absolute Gasteiger partial charge is 0.501 e. The Morgan fingerprint density at radius 3 is 1.84 bits per heavy atom. The second-order valence-electron chi connectivity index (χ2n) is 13.5. The molecule has 0 radical (unpaired) electrons. The van der Waals surface area contributed by atoms with E-state index in [1.165, 1.54) is 12.1 Å². The summed E-state index contributed by atoms with van der Waals surface area (Å²) in [5.41, 5.74) is -3.94. The van der Waals surface area contributed by atoms with Crippen LogP contribution in [0.2, 0.25) is 10.0 Å². The number of sulfone groups is 1. The lowest BCUT2D eigenvalue weighted by Gasteiger charge is -2.34. The first-order valence-corrected chi connectivity index (χ1v) is 20.0. The molecule has 0 bridgehead atoms. The van der Waals surface area contributed by atoms with Crippen molar-refractivity contribution in [3.8, 4) is 17.2 Å². The molecule has 0 spiro atoms. The third-order valence-corrected chi connectivity index (χ3v) is 11.4. The lowest BCUT2D eigenvalue weighted by Crippen LogP contribution is -2.58. The summed E-state index contributed by atoms with van der Waals surface area (Å²) >= 11 is 12.5. The first kappa shape index (κ1) is 40.4. The Morgan fingerprint density at radius 2 is 1.33 bits per heavy atom. The number of likely N-dealkylation sites (tertiary alicyclic amines) is 1. The molecule has 2 saturated heterocycles. The van der Waals surface area contributed by atoms with Crippen molar-refractivity contribution in [2.24, 2.45) is 0 Å². The van der Waals surface area contributed by atoms with E-state index < -0.39 is 44.3 Å². The minimum Gasteiger partial charge on any atom is -0.476 e. The number of nitrogens with zero attached hydrogens (tertiary/aromatic N) is 2. The van der Waals surface area contributed by atoms with Gasteiger partial charge in [-0.3, -0.25) is 14.5 Å². The van der Waals surface area contributed by atoms with Gasteiger partial charge in [0.2, 0.25) is 12.2 Å². The van der Waals surface area contributed by atoms with Gasteiger partial charge in [-0.2, -0.15) is 13.2 Å². The molecule has 2 amide bonds. The Kier molecular flexibility index (Phi) is 13.0. The smallest absolute Gasteiger partial charge is 0.476 e. The second-order valence-corrected chi connectivity index (χ2v) is 16.3. The van der Waals surface area contributed by atoms with Gasteiger partial charge in [-0.25, -0.2) is 8.42 Å². The number of alkyl halides is 3. The average Bonchev–Trinajstić information content (AvgIpc) is 3.62. The van der Waals surface area contributed by atoms with Crippen LogP contribution in [-0.2, 0) is 26.0 Å². The van der Waals surface area contributed by atoms with Crippen molar-refractivity contribution in [3.63, 3.8) is 0 Å². The zero-order valence-corrected chi connectivity index (χ0v) is 31.8. The number of benzene rings is 3. The number of carbonyl (C=O) groups excluding carboxylic acids is 2.